The average Bonchev–Trinajstić information content (AvgIpc) is 3.01. The van der Waals surface area contributed by atoms with Crippen LogP contribution in [0.25, 0.3) is 0 Å². The number of hydrogen-bond acceptors (Lipinski definition) is 3. The average molecular weight is 379 g/mol. The van der Waals surface area contributed by atoms with Crippen molar-refractivity contribution < 1.29 is 9.53 Å². The molecule has 2 heterocycles. The molecule has 148 valence electrons. The molecule has 2 aliphatic rings. The zero-order valence-electron chi connectivity index (χ0n) is 17.1. The first-order valence-corrected chi connectivity index (χ1v) is 10.4. The quantitative estimate of drug-likeness (QED) is 0.712. The highest BCUT2D eigenvalue weighted by Gasteiger charge is 2.44. The number of anilines is 1. The monoisotopic (exact) mass is 378 g/mol. The van der Waals surface area contributed by atoms with Gasteiger partial charge in [0.15, 0.2) is 0 Å². The van der Waals surface area contributed by atoms with Crippen LogP contribution in [0.2, 0.25) is 0 Å². The van der Waals surface area contributed by atoms with Crippen molar-refractivity contribution in [2.24, 2.45) is 0 Å². The van der Waals surface area contributed by atoms with E-state index in [4.69, 9.17) is 4.74 Å². The maximum atomic E-state index is 13.5. The van der Waals surface area contributed by atoms with Crippen molar-refractivity contribution in [1.82, 2.24) is 4.90 Å². The second kappa shape index (κ2) is 7.96. The molecule has 0 bridgehead atoms. The van der Waals surface area contributed by atoms with Gasteiger partial charge in [-0.3, -0.25) is 4.79 Å². The van der Waals surface area contributed by atoms with Gasteiger partial charge in [-0.15, -0.1) is 0 Å². The highest BCUT2D eigenvalue weighted by Crippen LogP contribution is 2.45. The molecule has 1 saturated heterocycles. The van der Waals surface area contributed by atoms with Gasteiger partial charge in [0.25, 0.3) is 5.91 Å². The molecule has 2 aromatic rings. The summed E-state index contributed by atoms with van der Waals surface area (Å²) in [6, 6.07) is 14.4. The number of aryl methyl sites for hydroxylation is 1. The highest BCUT2D eigenvalue weighted by atomic mass is 16.5. The Labute approximate surface area is 168 Å². The molecule has 0 spiro atoms. The maximum absolute atomic E-state index is 13.5. The van der Waals surface area contributed by atoms with Crippen LogP contribution in [0.1, 0.15) is 53.6 Å². The molecule has 1 fully saturated rings. The molecule has 0 N–H and O–H groups in total. The van der Waals surface area contributed by atoms with Crippen LogP contribution < -0.4 is 9.64 Å². The Balaban J connectivity index is 1.60. The Kier molecular flexibility index (Phi) is 5.40. The molecular formula is C24H30N2O2. The smallest absolute Gasteiger partial charge is 0.258 e. The number of likely N-dealkylation sites (tertiary alicyclic amines) is 1. The number of rotatable bonds is 5. The third-order valence-corrected chi connectivity index (χ3v) is 6.04. The van der Waals surface area contributed by atoms with E-state index in [2.05, 4.69) is 48.9 Å². The fourth-order valence-corrected chi connectivity index (χ4v) is 4.51. The van der Waals surface area contributed by atoms with Gasteiger partial charge in [-0.05, 0) is 69.3 Å². The number of carbonyl (C=O) groups excluding carboxylic acids is 1. The zero-order chi connectivity index (χ0) is 19.7. The summed E-state index contributed by atoms with van der Waals surface area (Å²) in [7, 11) is 2.17. The number of carbonyl (C=O) groups is 1. The van der Waals surface area contributed by atoms with Crippen molar-refractivity contribution in [2.45, 2.75) is 45.1 Å². The summed E-state index contributed by atoms with van der Waals surface area (Å²) in [5.74, 6) is 1.33. The normalized spacial score (nSPS) is 21.3. The Morgan fingerprint density at radius 3 is 2.71 bits per heavy atom. The summed E-state index contributed by atoms with van der Waals surface area (Å²) in [6.07, 6.45) is 3.17. The number of benzene rings is 2. The van der Waals surface area contributed by atoms with E-state index < -0.39 is 0 Å². The summed E-state index contributed by atoms with van der Waals surface area (Å²) in [5.41, 5.74) is 4.40. The van der Waals surface area contributed by atoms with Crippen LogP contribution in [0.5, 0.6) is 5.75 Å². The molecule has 0 unspecified atom stereocenters. The number of piperidine rings is 1. The minimum Gasteiger partial charge on any atom is -0.494 e. The van der Waals surface area contributed by atoms with Gasteiger partial charge in [0.1, 0.15) is 5.75 Å². The fraction of sp³-hybridized carbons (Fsp3) is 0.458. The summed E-state index contributed by atoms with van der Waals surface area (Å²) in [4.78, 5) is 17.9. The Hall–Kier alpha value is -2.33. The van der Waals surface area contributed by atoms with Crippen molar-refractivity contribution in [2.75, 3.05) is 31.6 Å². The van der Waals surface area contributed by atoms with E-state index in [1.165, 1.54) is 11.1 Å². The minimum atomic E-state index is 0.0993. The molecule has 0 aromatic heterocycles. The first kappa shape index (κ1) is 19.0. The molecule has 2 aromatic carbocycles. The third-order valence-electron chi connectivity index (χ3n) is 6.04. The van der Waals surface area contributed by atoms with Gasteiger partial charge in [-0.2, -0.15) is 0 Å². The molecule has 4 heteroatoms. The van der Waals surface area contributed by atoms with Gasteiger partial charge >= 0.3 is 0 Å². The van der Waals surface area contributed by atoms with Crippen molar-refractivity contribution in [3.05, 3.63) is 59.2 Å². The van der Waals surface area contributed by atoms with Gasteiger partial charge in [0.05, 0.1) is 6.61 Å². The Morgan fingerprint density at radius 2 is 1.96 bits per heavy atom. The van der Waals surface area contributed by atoms with E-state index >= 15 is 0 Å². The van der Waals surface area contributed by atoms with E-state index in [0.29, 0.717) is 5.92 Å². The van der Waals surface area contributed by atoms with Crippen LogP contribution in [-0.2, 0) is 0 Å². The van der Waals surface area contributed by atoms with Gasteiger partial charge in [-0.1, -0.05) is 31.0 Å². The molecule has 1 amide bonds. The topological polar surface area (TPSA) is 32.8 Å². The van der Waals surface area contributed by atoms with Crippen molar-refractivity contribution in [3.8, 4) is 5.75 Å². The number of nitrogens with zero attached hydrogens (tertiary/aromatic N) is 2. The molecule has 2 aliphatic heterocycles. The second-order valence-electron chi connectivity index (χ2n) is 8.19. The summed E-state index contributed by atoms with van der Waals surface area (Å²) >= 11 is 0. The van der Waals surface area contributed by atoms with Crippen LogP contribution >= 0.6 is 0 Å². The second-order valence-corrected chi connectivity index (χ2v) is 8.19. The van der Waals surface area contributed by atoms with Gasteiger partial charge in [0, 0.05) is 29.8 Å². The van der Waals surface area contributed by atoms with Gasteiger partial charge in [0.2, 0.25) is 0 Å². The molecule has 0 saturated carbocycles. The molecular weight excluding hydrogens is 348 g/mol. The minimum absolute atomic E-state index is 0.0993. The Bertz CT molecular complexity index is 846. The molecule has 28 heavy (non-hydrogen) atoms. The van der Waals surface area contributed by atoms with Crippen LogP contribution in [0.4, 0.5) is 5.69 Å². The summed E-state index contributed by atoms with van der Waals surface area (Å²) in [6.45, 7) is 7.04. The third kappa shape index (κ3) is 3.53. The van der Waals surface area contributed by atoms with Crippen molar-refractivity contribution in [1.29, 1.82) is 0 Å². The lowest BCUT2D eigenvalue weighted by Crippen LogP contribution is -2.47. The van der Waals surface area contributed by atoms with E-state index in [-0.39, 0.29) is 11.9 Å². The first-order valence-electron chi connectivity index (χ1n) is 10.4. The largest absolute Gasteiger partial charge is 0.494 e. The maximum Gasteiger partial charge on any atom is 0.258 e. The molecule has 0 radical (unpaired) electrons. The fourth-order valence-electron chi connectivity index (χ4n) is 4.51. The summed E-state index contributed by atoms with van der Waals surface area (Å²) in [5, 5.41) is 0. The lowest BCUT2D eigenvalue weighted by atomic mass is 9.88. The van der Waals surface area contributed by atoms with Crippen LogP contribution in [-0.4, -0.2) is 43.6 Å². The number of amides is 1. The lowest BCUT2D eigenvalue weighted by Gasteiger charge is -2.36. The van der Waals surface area contributed by atoms with Crippen molar-refractivity contribution >= 4 is 11.6 Å². The number of likely N-dealkylation sites (N-methyl/N-ethyl adjacent to an activating group) is 1. The summed E-state index contributed by atoms with van der Waals surface area (Å²) < 4.78 is 5.74. The van der Waals surface area contributed by atoms with E-state index in [9.17, 15) is 4.79 Å². The predicted molar refractivity (Wildman–Crippen MR) is 113 cm³/mol. The van der Waals surface area contributed by atoms with Crippen LogP contribution in [0, 0.1) is 6.92 Å². The van der Waals surface area contributed by atoms with Gasteiger partial charge < -0.3 is 14.5 Å². The van der Waals surface area contributed by atoms with E-state index in [0.717, 1.165) is 56.0 Å². The van der Waals surface area contributed by atoms with Crippen LogP contribution in [0.15, 0.2) is 42.5 Å². The first-order chi connectivity index (χ1) is 13.6. The Morgan fingerprint density at radius 1 is 1.18 bits per heavy atom. The predicted octanol–water partition coefficient (Wildman–Crippen LogP) is 4.62. The number of hydrogen-bond donors (Lipinski definition) is 0. The number of fused-ring (bicyclic) bond motifs is 3. The molecule has 0 aliphatic carbocycles. The molecule has 2 atom stereocenters. The van der Waals surface area contributed by atoms with Crippen LogP contribution in [0.3, 0.4) is 0 Å². The standard InChI is InChI=1S/C24H30N2O2/c1-4-5-14-28-19-9-7-18(8-10-19)24(27)26-22-11-6-17(2)15-20(22)21-16-25(3)13-12-23(21)26/h6-11,15,21,23H,4-5,12-14,16H2,1-3H3/t21-,23+/m1/s1. The van der Waals surface area contributed by atoms with E-state index in [1.807, 2.05) is 24.3 Å². The number of ether oxygens (including phenoxy) is 1. The van der Waals surface area contributed by atoms with E-state index in [1.54, 1.807) is 0 Å². The lowest BCUT2D eigenvalue weighted by molar-refractivity contribution is 0.0964. The molecule has 4 nitrogen and oxygen atoms in total. The SMILES string of the molecule is CCCCOc1ccc(C(=O)N2c3ccc(C)cc3[C@H]3CN(C)CC[C@@H]32)cc1. The molecule has 4 rings (SSSR count). The highest BCUT2D eigenvalue weighted by molar-refractivity contribution is 6.08. The van der Waals surface area contributed by atoms with Gasteiger partial charge in [-0.25, -0.2) is 0 Å². The zero-order valence-corrected chi connectivity index (χ0v) is 17.1. The van der Waals surface area contributed by atoms with Crippen molar-refractivity contribution in [3.63, 3.8) is 0 Å². The number of unbranched alkanes of at least 4 members (excludes halogenated alkanes) is 1.